The minimum atomic E-state index is -1.52. The molecule has 1 heterocycles. The lowest BCUT2D eigenvalue weighted by molar-refractivity contribution is -0.146. The fourth-order valence-corrected chi connectivity index (χ4v) is 4.40. The fraction of sp³-hybridized carbons (Fsp3) is 0.130. The van der Waals surface area contributed by atoms with E-state index in [1.54, 1.807) is 30.3 Å². The monoisotopic (exact) mass is 407 g/mol. The van der Waals surface area contributed by atoms with E-state index in [2.05, 4.69) is 5.32 Å². The maximum absolute atomic E-state index is 14.6. The molecular weight excluding hydrogens is 389 g/mol. The van der Waals surface area contributed by atoms with Gasteiger partial charge in [0.25, 0.3) is 5.91 Å². The van der Waals surface area contributed by atoms with Gasteiger partial charge in [-0.25, -0.2) is 9.18 Å². The van der Waals surface area contributed by atoms with Gasteiger partial charge >= 0.3 is 5.97 Å². The number of rotatable bonds is 4. The van der Waals surface area contributed by atoms with Gasteiger partial charge in [-0.3, -0.25) is 4.79 Å². The van der Waals surface area contributed by atoms with Crippen LogP contribution in [0.25, 0.3) is 0 Å². The number of aryl methyl sites for hydroxylation is 1. The minimum absolute atomic E-state index is 0.355. The third-order valence-electron chi connectivity index (χ3n) is 4.98. The van der Waals surface area contributed by atoms with Crippen LogP contribution in [0.15, 0.2) is 76.5 Å². The van der Waals surface area contributed by atoms with E-state index in [1.807, 2.05) is 31.2 Å². The Bertz CT molecular complexity index is 1110. The van der Waals surface area contributed by atoms with Crippen LogP contribution in [0.5, 0.6) is 0 Å². The molecule has 1 amide bonds. The number of methoxy groups -OCH3 is 1. The first-order chi connectivity index (χ1) is 14.0. The van der Waals surface area contributed by atoms with Crippen molar-refractivity contribution < 1.29 is 18.7 Å². The third kappa shape index (κ3) is 3.19. The van der Waals surface area contributed by atoms with E-state index in [-0.39, 0.29) is 5.91 Å². The highest BCUT2D eigenvalue weighted by molar-refractivity contribution is 7.99. The van der Waals surface area contributed by atoms with Crippen molar-refractivity contribution in [2.24, 2.45) is 0 Å². The summed E-state index contributed by atoms with van der Waals surface area (Å²) in [6, 6.07) is 19.0. The molecule has 0 spiro atoms. The molecule has 0 aliphatic carbocycles. The van der Waals surface area contributed by atoms with Crippen LogP contribution in [-0.2, 0) is 15.1 Å². The van der Waals surface area contributed by atoms with E-state index < -0.39 is 17.3 Å². The Kier molecular flexibility index (Phi) is 4.88. The molecule has 1 aliphatic rings. The molecule has 0 saturated heterocycles. The van der Waals surface area contributed by atoms with Gasteiger partial charge in [0.1, 0.15) is 5.82 Å². The number of carbonyl (C=O) groups excluding carboxylic acids is 2. The molecule has 29 heavy (non-hydrogen) atoms. The molecule has 0 fully saturated rings. The van der Waals surface area contributed by atoms with Crippen LogP contribution < -0.4 is 5.32 Å². The van der Waals surface area contributed by atoms with Gasteiger partial charge in [0.05, 0.1) is 7.11 Å². The summed E-state index contributed by atoms with van der Waals surface area (Å²) in [5, 5.41) is 2.77. The molecule has 3 aromatic carbocycles. The Morgan fingerprint density at radius 1 is 1.07 bits per heavy atom. The van der Waals surface area contributed by atoms with Gasteiger partial charge in [-0.15, -0.1) is 0 Å². The number of hydrogen-bond donors (Lipinski definition) is 1. The van der Waals surface area contributed by atoms with E-state index in [4.69, 9.17) is 4.74 Å². The van der Waals surface area contributed by atoms with Crippen LogP contribution in [0.3, 0.4) is 0 Å². The van der Waals surface area contributed by atoms with Crippen molar-refractivity contribution in [3.63, 3.8) is 0 Å². The summed E-state index contributed by atoms with van der Waals surface area (Å²) in [5.41, 5.74) is 0.931. The molecular formula is C23H18FNO3S. The standard InChI is InChI=1S/C23H18FNO3S/c1-14-7-10-16(11-8-14)29-20-13-15(9-12-19(20)24)23(22(27)28-2)18-6-4-3-5-17(18)21(26)25-23/h3-13H,1-2H3,(H,25,26). The van der Waals surface area contributed by atoms with E-state index >= 15 is 0 Å². The highest BCUT2D eigenvalue weighted by atomic mass is 32.2. The Morgan fingerprint density at radius 2 is 1.79 bits per heavy atom. The Labute approximate surface area is 172 Å². The summed E-state index contributed by atoms with van der Waals surface area (Å²) in [7, 11) is 1.27. The van der Waals surface area contributed by atoms with Crippen LogP contribution in [-0.4, -0.2) is 19.0 Å². The molecule has 4 nitrogen and oxygen atoms in total. The highest BCUT2D eigenvalue weighted by Crippen LogP contribution is 2.40. The van der Waals surface area contributed by atoms with Crippen molar-refractivity contribution >= 4 is 23.6 Å². The lowest BCUT2D eigenvalue weighted by Gasteiger charge is -2.28. The summed E-state index contributed by atoms with van der Waals surface area (Å²) < 4.78 is 19.6. The van der Waals surface area contributed by atoms with Gasteiger partial charge in [-0.05, 0) is 42.8 Å². The molecule has 146 valence electrons. The number of ether oxygens (including phenoxy) is 1. The topological polar surface area (TPSA) is 55.4 Å². The molecule has 0 aromatic heterocycles. The SMILES string of the molecule is COC(=O)C1(c2ccc(F)c(Sc3ccc(C)cc3)c2)NC(=O)c2ccccc21. The summed E-state index contributed by atoms with van der Waals surface area (Å²) in [6.07, 6.45) is 0. The number of amides is 1. The van der Waals surface area contributed by atoms with Gasteiger partial charge in [0.15, 0.2) is 5.54 Å². The van der Waals surface area contributed by atoms with Crippen LogP contribution in [0.2, 0.25) is 0 Å². The number of benzene rings is 3. The molecule has 1 unspecified atom stereocenters. The second-order valence-corrected chi connectivity index (χ2v) is 7.92. The lowest BCUT2D eigenvalue weighted by Crippen LogP contribution is -2.48. The van der Waals surface area contributed by atoms with Gasteiger partial charge in [0.2, 0.25) is 0 Å². The van der Waals surface area contributed by atoms with Crippen molar-refractivity contribution in [3.8, 4) is 0 Å². The van der Waals surface area contributed by atoms with E-state index in [0.717, 1.165) is 10.5 Å². The zero-order valence-corrected chi connectivity index (χ0v) is 16.7. The largest absolute Gasteiger partial charge is 0.467 e. The average molecular weight is 407 g/mol. The van der Waals surface area contributed by atoms with Crippen molar-refractivity contribution in [1.82, 2.24) is 5.32 Å². The maximum Gasteiger partial charge on any atom is 0.341 e. The summed E-state index contributed by atoms with van der Waals surface area (Å²) >= 11 is 1.26. The van der Waals surface area contributed by atoms with Crippen molar-refractivity contribution in [1.29, 1.82) is 0 Å². The van der Waals surface area contributed by atoms with Crippen LogP contribution >= 0.6 is 11.8 Å². The van der Waals surface area contributed by atoms with Crippen molar-refractivity contribution in [3.05, 3.63) is 94.8 Å². The van der Waals surface area contributed by atoms with Crippen LogP contribution in [0, 0.1) is 12.7 Å². The molecule has 4 rings (SSSR count). The third-order valence-corrected chi connectivity index (χ3v) is 6.02. The number of halogens is 1. The predicted octanol–water partition coefficient (Wildman–Crippen LogP) is 4.45. The van der Waals surface area contributed by atoms with E-state index in [9.17, 15) is 14.0 Å². The van der Waals surface area contributed by atoms with Gasteiger partial charge in [-0.2, -0.15) is 0 Å². The highest BCUT2D eigenvalue weighted by Gasteiger charge is 2.51. The molecule has 0 bridgehead atoms. The fourth-order valence-electron chi connectivity index (χ4n) is 3.52. The van der Waals surface area contributed by atoms with Crippen molar-refractivity contribution in [2.45, 2.75) is 22.3 Å². The molecule has 0 saturated carbocycles. The second-order valence-electron chi connectivity index (χ2n) is 6.80. The van der Waals surface area contributed by atoms with Crippen molar-refractivity contribution in [2.75, 3.05) is 7.11 Å². The number of fused-ring (bicyclic) bond motifs is 1. The minimum Gasteiger partial charge on any atom is -0.467 e. The summed E-state index contributed by atoms with van der Waals surface area (Å²) in [4.78, 5) is 26.7. The number of nitrogens with one attached hydrogen (secondary N) is 1. The lowest BCUT2D eigenvalue weighted by atomic mass is 9.83. The molecule has 1 atom stereocenters. The van der Waals surface area contributed by atoms with E-state index in [0.29, 0.717) is 21.6 Å². The molecule has 1 N–H and O–H groups in total. The first kappa shape index (κ1) is 19.2. The molecule has 0 radical (unpaired) electrons. The zero-order chi connectivity index (χ0) is 20.6. The Balaban J connectivity index is 1.84. The van der Waals surface area contributed by atoms with Crippen LogP contribution in [0.1, 0.15) is 27.0 Å². The Hall–Kier alpha value is -3.12. The number of hydrogen-bond acceptors (Lipinski definition) is 4. The predicted molar refractivity (Wildman–Crippen MR) is 108 cm³/mol. The molecule has 6 heteroatoms. The van der Waals surface area contributed by atoms with Gasteiger partial charge in [0, 0.05) is 20.9 Å². The number of carbonyl (C=O) groups is 2. The summed E-state index contributed by atoms with van der Waals surface area (Å²) in [6.45, 7) is 1.98. The molecule has 1 aliphatic heterocycles. The van der Waals surface area contributed by atoms with E-state index in [1.165, 1.54) is 31.0 Å². The quantitative estimate of drug-likeness (QED) is 0.650. The maximum atomic E-state index is 14.6. The average Bonchev–Trinajstić information content (AvgIpc) is 3.04. The van der Waals surface area contributed by atoms with Crippen LogP contribution in [0.4, 0.5) is 4.39 Å². The first-order valence-corrected chi connectivity index (χ1v) is 9.82. The smallest absolute Gasteiger partial charge is 0.341 e. The second kappa shape index (κ2) is 7.37. The number of esters is 1. The normalized spacial score (nSPS) is 17.6. The van der Waals surface area contributed by atoms with Gasteiger partial charge < -0.3 is 10.1 Å². The van der Waals surface area contributed by atoms with Gasteiger partial charge in [-0.1, -0.05) is 53.7 Å². The Morgan fingerprint density at radius 3 is 2.52 bits per heavy atom. The first-order valence-electron chi connectivity index (χ1n) is 9.00. The summed E-state index contributed by atoms with van der Waals surface area (Å²) in [5.74, 6) is -1.41. The zero-order valence-electron chi connectivity index (χ0n) is 15.9. The molecule has 3 aromatic rings.